The van der Waals surface area contributed by atoms with Crippen LogP contribution in [-0.2, 0) is 6.42 Å². The molecule has 0 amide bonds. The molecule has 0 bridgehead atoms. The van der Waals surface area contributed by atoms with Crippen molar-refractivity contribution in [2.24, 2.45) is 0 Å². The van der Waals surface area contributed by atoms with Gasteiger partial charge in [0.2, 0.25) is 0 Å². The third-order valence-electron chi connectivity index (χ3n) is 12.4. The van der Waals surface area contributed by atoms with Crippen molar-refractivity contribution in [2.75, 3.05) is 32.7 Å². The summed E-state index contributed by atoms with van der Waals surface area (Å²) in [5, 5.41) is 14.4. The van der Waals surface area contributed by atoms with Crippen molar-refractivity contribution in [3.8, 4) is 5.75 Å². The molecule has 0 spiro atoms. The van der Waals surface area contributed by atoms with Crippen LogP contribution in [0.5, 0.6) is 5.75 Å². The topological polar surface area (TPSA) is 44.7 Å². The van der Waals surface area contributed by atoms with E-state index in [1.165, 1.54) is 12.1 Å². The number of hydrogen-bond acceptors (Lipinski definition) is 4. The van der Waals surface area contributed by atoms with Gasteiger partial charge in [0.25, 0.3) is 8.32 Å². The standard InChI is InChI=1S/C42H57F3N2O2Si/c1-27(2)50(28(3)4,29(5)6)49-35-12-14-37-32(23-35)9-13-36(31-7-10-34(43)11-8-31)40(37)41-38(44)24-33(25-39(41)45)30-15-21-47(22-16-30)26-42(48)17-19-46-20-18-42/h7-8,10-12,14,23-25,27-30,36,40,46,48H,9,13,15-22,26H2,1-6H3/t36-,40+/m1/s1. The first-order valence-electron chi connectivity index (χ1n) is 19.0. The van der Waals surface area contributed by atoms with Crippen molar-refractivity contribution >= 4 is 8.32 Å². The van der Waals surface area contributed by atoms with Gasteiger partial charge in [0.1, 0.15) is 23.2 Å². The fourth-order valence-corrected chi connectivity index (χ4v) is 15.1. The second-order valence-corrected chi connectivity index (χ2v) is 21.8. The molecule has 1 aliphatic carbocycles. The van der Waals surface area contributed by atoms with Gasteiger partial charge in [0, 0.05) is 18.0 Å². The average Bonchev–Trinajstić information content (AvgIpc) is 3.07. The largest absolute Gasteiger partial charge is 0.543 e. The van der Waals surface area contributed by atoms with Crippen LogP contribution >= 0.6 is 0 Å². The quantitative estimate of drug-likeness (QED) is 0.206. The number of benzene rings is 3. The van der Waals surface area contributed by atoms with Gasteiger partial charge in [-0.1, -0.05) is 59.7 Å². The molecule has 272 valence electrons. The van der Waals surface area contributed by atoms with E-state index >= 15 is 8.78 Å². The molecule has 3 aromatic carbocycles. The zero-order valence-corrected chi connectivity index (χ0v) is 31.9. The van der Waals surface area contributed by atoms with Gasteiger partial charge in [-0.3, -0.25) is 0 Å². The van der Waals surface area contributed by atoms with E-state index in [2.05, 4.69) is 57.8 Å². The van der Waals surface area contributed by atoms with E-state index in [1.54, 1.807) is 24.3 Å². The number of nitrogens with one attached hydrogen (secondary N) is 1. The van der Waals surface area contributed by atoms with Crippen molar-refractivity contribution in [1.82, 2.24) is 10.2 Å². The molecular weight excluding hydrogens is 650 g/mol. The lowest BCUT2D eigenvalue weighted by Crippen LogP contribution is -2.51. The van der Waals surface area contributed by atoms with E-state index in [4.69, 9.17) is 4.43 Å². The molecular formula is C42H57F3N2O2Si. The lowest BCUT2D eigenvalue weighted by atomic mass is 9.68. The minimum atomic E-state index is -2.20. The predicted octanol–water partition coefficient (Wildman–Crippen LogP) is 9.81. The minimum Gasteiger partial charge on any atom is -0.543 e. The van der Waals surface area contributed by atoms with Gasteiger partial charge in [-0.05, 0) is 152 Å². The molecule has 2 aliphatic heterocycles. The van der Waals surface area contributed by atoms with Crippen LogP contribution in [0, 0.1) is 17.5 Å². The van der Waals surface area contributed by atoms with Crippen molar-refractivity contribution in [1.29, 1.82) is 0 Å². The number of nitrogens with zero attached hydrogens (tertiary/aromatic N) is 1. The Kier molecular flexibility index (Phi) is 11.2. The van der Waals surface area contributed by atoms with Crippen LogP contribution in [0.25, 0.3) is 0 Å². The van der Waals surface area contributed by atoms with Crippen molar-refractivity contribution in [3.05, 3.63) is 99.9 Å². The summed E-state index contributed by atoms with van der Waals surface area (Å²) in [7, 11) is -2.20. The van der Waals surface area contributed by atoms with Crippen LogP contribution in [0.4, 0.5) is 13.2 Å². The Morgan fingerprint density at radius 3 is 2.00 bits per heavy atom. The Bertz CT molecular complexity index is 1570. The number of likely N-dealkylation sites (tertiary alicyclic amines) is 1. The lowest BCUT2D eigenvalue weighted by Gasteiger charge is -2.42. The monoisotopic (exact) mass is 706 g/mol. The van der Waals surface area contributed by atoms with E-state index < -0.39 is 31.5 Å². The molecule has 3 aliphatic rings. The van der Waals surface area contributed by atoms with Gasteiger partial charge in [0.05, 0.1) is 5.60 Å². The number of aliphatic hydroxyl groups is 1. The predicted molar refractivity (Wildman–Crippen MR) is 199 cm³/mol. The van der Waals surface area contributed by atoms with Crippen molar-refractivity contribution < 1.29 is 22.7 Å². The maximum atomic E-state index is 16.5. The number of β-amino-alcohol motifs (C(OH)–C–C–N with tert-alkyl or cyclic N) is 1. The molecule has 2 atom stereocenters. The average molecular weight is 707 g/mol. The Hall–Kier alpha value is -2.65. The van der Waals surface area contributed by atoms with Gasteiger partial charge in [-0.25, -0.2) is 13.2 Å². The van der Waals surface area contributed by atoms with E-state index in [1.807, 2.05) is 12.1 Å². The third-order valence-corrected chi connectivity index (χ3v) is 18.4. The SMILES string of the molecule is CC(C)[Si](Oc1ccc2c(c1)CC[C@H](c1ccc(F)cc1)[C@@H]2c1c(F)cc(C2CCN(CC3(O)CCNCC3)CC2)cc1F)(C(C)C)C(C)C. The van der Waals surface area contributed by atoms with Crippen LogP contribution in [-0.4, -0.2) is 56.6 Å². The third kappa shape index (κ3) is 7.46. The van der Waals surface area contributed by atoms with Crippen molar-refractivity contribution in [2.45, 2.75) is 120 Å². The van der Waals surface area contributed by atoms with Gasteiger partial charge in [0.15, 0.2) is 0 Å². The van der Waals surface area contributed by atoms with E-state index in [0.717, 1.165) is 80.7 Å². The van der Waals surface area contributed by atoms with Gasteiger partial charge in [-0.15, -0.1) is 0 Å². The first-order chi connectivity index (χ1) is 23.8. The molecule has 50 heavy (non-hydrogen) atoms. The highest BCUT2D eigenvalue weighted by Gasteiger charge is 2.47. The van der Waals surface area contributed by atoms with Gasteiger partial charge in [-0.2, -0.15) is 0 Å². The maximum absolute atomic E-state index is 16.5. The van der Waals surface area contributed by atoms with Crippen LogP contribution < -0.4 is 9.74 Å². The summed E-state index contributed by atoms with van der Waals surface area (Å²) in [6, 6.07) is 15.7. The highest BCUT2D eigenvalue weighted by molar-refractivity contribution is 6.78. The normalized spacial score (nSPS) is 21.9. The Balaban J connectivity index is 1.30. The second kappa shape index (κ2) is 15.1. The summed E-state index contributed by atoms with van der Waals surface area (Å²) in [6.07, 6.45) is 4.53. The summed E-state index contributed by atoms with van der Waals surface area (Å²) >= 11 is 0. The maximum Gasteiger partial charge on any atom is 0.258 e. The molecule has 0 unspecified atom stereocenters. The van der Waals surface area contributed by atoms with Gasteiger partial charge < -0.3 is 19.7 Å². The molecule has 6 rings (SSSR count). The Morgan fingerprint density at radius 1 is 0.820 bits per heavy atom. The molecule has 8 heteroatoms. The molecule has 0 aromatic heterocycles. The minimum absolute atomic E-state index is 0.0607. The highest BCUT2D eigenvalue weighted by Crippen LogP contribution is 2.50. The number of halogens is 3. The number of fused-ring (bicyclic) bond motifs is 1. The number of aryl methyl sites for hydroxylation is 1. The van der Waals surface area contributed by atoms with Crippen LogP contribution in [0.1, 0.15) is 119 Å². The smallest absolute Gasteiger partial charge is 0.258 e. The number of hydrogen-bond donors (Lipinski definition) is 2. The molecule has 2 saturated heterocycles. The fraction of sp³-hybridized carbons (Fsp3) is 0.571. The summed E-state index contributed by atoms with van der Waals surface area (Å²) < 4.78 is 54.1. The summed E-state index contributed by atoms with van der Waals surface area (Å²) in [5.74, 6) is -1.20. The highest BCUT2D eigenvalue weighted by atomic mass is 28.4. The molecule has 2 heterocycles. The first kappa shape index (κ1) is 37.1. The van der Waals surface area contributed by atoms with Gasteiger partial charge >= 0.3 is 0 Å². The van der Waals surface area contributed by atoms with Crippen LogP contribution in [0.15, 0.2) is 54.6 Å². The first-order valence-corrected chi connectivity index (χ1v) is 21.2. The number of piperidine rings is 2. The summed E-state index contributed by atoms with van der Waals surface area (Å²) in [5.41, 5.74) is 4.27. The summed E-state index contributed by atoms with van der Waals surface area (Å²) in [4.78, 5) is 2.31. The molecule has 4 nitrogen and oxygen atoms in total. The van der Waals surface area contributed by atoms with Crippen LogP contribution in [0.2, 0.25) is 16.6 Å². The molecule has 2 N–H and O–H groups in total. The lowest BCUT2D eigenvalue weighted by molar-refractivity contribution is -0.0256. The molecule has 0 saturated carbocycles. The zero-order chi connectivity index (χ0) is 35.8. The Labute approximate surface area is 299 Å². The molecule has 0 radical (unpaired) electrons. The van der Waals surface area contributed by atoms with Crippen molar-refractivity contribution in [3.63, 3.8) is 0 Å². The molecule has 2 fully saturated rings. The Morgan fingerprint density at radius 2 is 1.42 bits per heavy atom. The zero-order valence-electron chi connectivity index (χ0n) is 30.9. The van der Waals surface area contributed by atoms with E-state index in [0.29, 0.717) is 35.2 Å². The van der Waals surface area contributed by atoms with E-state index in [9.17, 15) is 9.50 Å². The van der Waals surface area contributed by atoms with Crippen LogP contribution in [0.3, 0.4) is 0 Å². The molecule has 3 aromatic rings. The fourth-order valence-electron chi connectivity index (χ4n) is 9.87. The summed E-state index contributed by atoms with van der Waals surface area (Å²) in [6.45, 7) is 17.5. The van der Waals surface area contributed by atoms with E-state index in [-0.39, 0.29) is 23.2 Å². The number of rotatable bonds is 10. The second-order valence-electron chi connectivity index (χ2n) is 16.4.